The van der Waals surface area contributed by atoms with Gasteiger partial charge in [-0.05, 0) is 42.8 Å². The van der Waals surface area contributed by atoms with Gasteiger partial charge in [0.25, 0.3) is 0 Å². The quantitative estimate of drug-likeness (QED) is 0.849. The Hall–Kier alpha value is -0.170. The minimum Gasteiger partial charge on any atom is -0.242 e. The summed E-state index contributed by atoms with van der Waals surface area (Å²) in [6.07, 6.45) is 1.22. The second-order valence-corrected chi connectivity index (χ2v) is 7.19. The minimum absolute atomic E-state index is 0.0821. The van der Waals surface area contributed by atoms with Gasteiger partial charge in [0.1, 0.15) is 10.0 Å². The predicted molar refractivity (Wildman–Crippen MR) is 67.0 cm³/mol. The van der Waals surface area contributed by atoms with Gasteiger partial charge in [-0.3, -0.25) is 0 Å². The lowest BCUT2D eigenvalue weighted by Gasteiger charge is -2.20. The van der Waals surface area contributed by atoms with Crippen molar-refractivity contribution in [2.24, 2.45) is 0 Å². The Bertz CT molecular complexity index is 497. The molecule has 4 nitrogen and oxygen atoms in total. The maximum atomic E-state index is 11.9. The highest BCUT2D eigenvalue weighted by molar-refractivity contribution is 9.10. The maximum absolute atomic E-state index is 11.9. The molecule has 0 radical (unpaired) electrons. The number of nitrogens with one attached hydrogen (secondary N) is 1. The van der Waals surface area contributed by atoms with Gasteiger partial charge in [-0.15, -0.1) is 0 Å². The van der Waals surface area contributed by atoms with E-state index in [-0.39, 0.29) is 10.0 Å². The Kier molecular flexibility index (Phi) is 3.99. The molecule has 1 heterocycles. The van der Waals surface area contributed by atoms with Gasteiger partial charge < -0.3 is 0 Å². The van der Waals surface area contributed by atoms with E-state index in [4.69, 9.17) is 11.6 Å². The molecule has 0 saturated carbocycles. The molecule has 0 amide bonds. The maximum Gasteiger partial charge on any atom is 0.242 e. The van der Waals surface area contributed by atoms with Crippen molar-refractivity contribution in [2.75, 3.05) is 0 Å². The van der Waals surface area contributed by atoms with E-state index in [1.54, 1.807) is 20.8 Å². The number of aromatic nitrogens is 1. The van der Waals surface area contributed by atoms with Crippen LogP contribution in [0.5, 0.6) is 0 Å². The molecule has 90 valence electrons. The van der Waals surface area contributed by atoms with Gasteiger partial charge in [0, 0.05) is 11.7 Å². The molecule has 1 N–H and O–H groups in total. The lowest BCUT2D eigenvalue weighted by Crippen LogP contribution is -2.40. The van der Waals surface area contributed by atoms with Gasteiger partial charge in [-0.2, -0.15) is 0 Å². The van der Waals surface area contributed by atoms with E-state index in [2.05, 4.69) is 25.6 Å². The van der Waals surface area contributed by atoms with Gasteiger partial charge in [-0.25, -0.2) is 18.1 Å². The normalized spacial score (nSPS) is 12.8. The molecule has 1 rings (SSSR count). The summed E-state index contributed by atoms with van der Waals surface area (Å²) < 4.78 is 26.8. The second-order valence-electron chi connectivity index (χ2n) is 4.30. The van der Waals surface area contributed by atoms with Crippen LogP contribution >= 0.6 is 27.5 Å². The van der Waals surface area contributed by atoms with Crippen molar-refractivity contribution in [1.29, 1.82) is 0 Å². The standard InChI is InChI=1S/C9H12BrClN2O2S/c1-9(2,3)13-16(14,15)6-4-7(10)8(11)12-5-6/h4-5,13H,1-3H3. The molecule has 0 aromatic carbocycles. The van der Waals surface area contributed by atoms with Gasteiger partial charge in [0.05, 0.1) is 4.47 Å². The largest absolute Gasteiger partial charge is 0.242 e. The van der Waals surface area contributed by atoms with Gasteiger partial charge in [-0.1, -0.05) is 11.6 Å². The number of hydrogen-bond donors (Lipinski definition) is 1. The average Bonchev–Trinajstić information content (AvgIpc) is 2.05. The van der Waals surface area contributed by atoms with Crippen LogP contribution in [0.3, 0.4) is 0 Å². The van der Waals surface area contributed by atoms with E-state index in [0.717, 1.165) is 0 Å². The lowest BCUT2D eigenvalue weighted by molar-refractivity contribution is 0.491. The molecule has 0 aliphatic carbocycles. The third kappa shape index (κ3) is 3.69. The molecule has 1 aromatic heterocycles. The molecule has 0 bridgehead atoms. The topological polar surface area (TPSA) is 59.1 Å². The van der Waals surface area contributed by atoms with Gasteiger partial charge >= 0.3 is 0 Å². The fourth-order valence-electron chi connectivity index (χ4n) is 1.01. The van der Waals surface area contributed by atoms with Gasteiger partial charge in [0.15, 0.2) is 0 Å². The Labute approximate surface area is 109 Å². The van der Waals surface area contributed by atoms with Crippen molar-refractivity contribution in [3.05, 3.63) is 21.9 Å². The molecule has 0 atom stereocenters. The van der Waals surface area contributed by atoms with Crippen LogP contribution in [-0.2, 0) is 10.0 Å². The van der Waals surface area contributed by atoms with Crippen molar-refractivity contribution < 1.29 is 8.42 Å². The molecular weight excluding hydrogens is 316 g/mol. The Balaban J connectivity index is 3.13. The third-order valence-corrected chi connectivity index (χ3v) is 4.38. The Morgan fingerprint density at radius 3 is 2.44 bits per heavy atom. The molecule has 1 aromatic rings. The number of sulfonamides is 1. The predicted octanol–water partition coefficient (Wildman–Crippen LogP) is 2.57. The van der Waals surface area contributed by atoms with Crippen molar-refractivity contribution >= 4 is 37.6 Å². The van der Waals surface area contributed by atoms with Gasteiger partial charge in [0.2, 0.25) is 10.0 Å². The molecule has 16 heavy (non-hydrogen) atoms. The van der Waals surface area contributed by atoms with E-state index in [0.29, 0.717) is 4.47 Å². The van der Waals surface area contributed by atoms with Crippen LogP contribution in [0.15, 0.2) is 21.6 Å². The van der Waals surface area contributed by atoms with Crippen LogP contribution in [0.4, 0.5) is 0 Å². The molecule has 0 aliphatic rings. The Morgan fingerprint density at radius 2 is 2.00 bits per heavy atom. The van der Waals surface area contributed by atoms with E-state index >= 15 is 0 Å². The third-order valence-electron chi connectivity index (χ3n) is 1.52. The van der Waals surface area contributed by atoms with E-state index in [1.165, 1.54) is 12.3 Å². The monoisotopic (exact) mass is 326 g/mol. The summed E-state index contributed by atoms with van der Waals surface area (Å²) in [4.78, 5) is 3.86. The van der Waals surface area contributed by atoms with E-state index < -0.39 is 15.6 Å². The zero-order valence-corrected chi connectivity index (χ0v) is 12.2. The summed E-state index contributed by atoms with van der Waals surface area (Å²) in [5.41, 5.74) is -0.537. The number of rotatable bonds is 2. The minimum atomic E-state index is -3.56. The highest BCUT2D eigenvalue weighted by atomic mass is 79.9. The Morgan fingerprint density at radius 1 is 1.44 bits per heavy atom. The highest BCUT2D eigenvalue weighted by Gasteiger charge is 2.22. The lowest BCUT2D eigenvalue weighted by atomic mass is 10.1. The van der Waals surface area contributed by atoms with Crippen LogP contribution in [0.2, 0.25) is 5.15 Å². The van der Waals surface area contributed by atoms with Crippen LogP contribution < -0.4 is 4.72 Å². The average molecular weight is 328 g/mol. The van der Waals surface area contributed by atoms with Crippen molar-refractivity contribution in [2.45, 2.75) is 31.2 Å². The SMILES string of the molecule is CC(C)(C)NS(=O)(=O)c1cnc(Cl)c(Br)c1. The first-order chi connectivity index (χ1) is 7.12. The summed E-state index contributed by atoms with van der Waals surface area (Å²) in [5, 5.41) is 0.231. The summed E-state index contributed by atoms with van der Waals surface area (Å²) >= 11 is 8.82. The van der Waals surface area contributed by atoms with E-state index in [1.807, 2.05) is 0 Å². The summed E-state index contributed by atoms with van der Waals surface area (Å²) in [6, 6.07) is 1.42. The molecule has 0 unspecified atom stereocenters. The van der Waals surface area contributed by atoms with Crippen LogP contribution in [0, 0.1) is 0 Å². The molecule has 0 saturated heterocycles. The van der Waals surface area contributed by atoms with Crippen molar-refractivity contribution in [1.82, 2.24) is 9.71 Å². The second kappa shape index (κ2) is 4.60. The zero-order chi connectivity index (χ0) is 12.6. The number of pyridine rings is 1. The van der Waals surface area contributed by atoms with Crippen molar-refractivity contribution in [3.63, 3.8) is 0 Å². The summed E-state index contributed by atoms with van der Waals surface area (Å²) in [7, 11) is -3.56. The zero-order valence-electron chi connectivity index (χ0n) is 9.08. The first-order valence-corrected chi connectivity index (χ1v) is 7.12. The fraction of sp³-hybridized carbons (Fsp3) is 0.444. The molecule has 0 aliphatic heterocycles. The first kappa shape index (κ1) is 13.9. The molecule has 7 heteroatoms. The number of halogens is 2. The highest BCUT2D eigenvalue weighted by Crippen LogP contribution is 2.23. The van der Waals surface area contributed by atoms with E-state index in [9.17, 15) is 8.42 Å². The number of hydrogen-bond acceptors (Lipinski definition) is 3. The first-order valence-electron chi connectivity index (χ1n) is 4.47. The summed E-state index contributed by atoms with van der Waals surface area (Å²) in [6.45, 7) is 5.30. The fourth-order valence-corrected chi connectivity index (χ4v) is 3.01. The van der Waals surface area contributed by atoms with Crippen LogP contribution in [0.1, 0.15) is 20.8 Å². The van der Waals surface area contributed by atoms with Crippen LogP contribution in [-0.4, -0.2) is 18.9 Å². The molecular formula is C9H12BrClN2O2S. The smallest absolute Gasteiger partial charge is 0.242 e. The van der Waals surface area contributed by atoms with Crippen LogP contribution in [0.25, 0.3) is 0 Å². The number of nitrogens with zero attached hydrogens (tertiary/aromatic N) is 1. The summed E-state index contributed by atoms with van der Waals surface area (Å²) in [5.74, 6) is 0. The van der Waals surface area contributed by atoms with Crippen molar-refractivity contribution in [3.8, 4) is 0 Å². The molecule has 0 fully saturated rings. The molecule has 0 spiro atoms.